The molecule has 0 aliphatic carbocycles. The van der Waals surface area contributed by atoms with Gasteiger partial charge in [-0.25, -0.2) is 4.39 Å². The van der Waals surface area contributed by atoms with Crippen molar-refractivity contribution < 1.29 is 9.18 Å². The van der Waals surface area contributed by atoms with Crippen LogP contribution in [0.1, 0.15) is 15.9 Å². The van der Waals surface area contributed by atoms with E-state index in [2.05, 4.69) is 0 Å². The van der Waals surface area contributed by atoms with Gasteiger partial charge in [0.2, 0.25) is 0 Å². The zero-order valence-electron chi connectivity index (χ0n) is 6.59. The fourth-order valence-corrected chi connectivity index (χ4v) is 1.02. The maximum Gasteiger partial charge on any atom is 0.176 e. The Morgan fingerprint density at radius 1 is 1.42 bits per heavy atom. The van der Waals surface area contributed by atoms with Crippen LogP contribution in [0.4, 0.5) is 4.39 Å². The molecule has 1 aromatic carbocycles. The second kappa shape index (κ2) is 3.97. The number of halogens is 1. The first-order valence-electron chi connectivity index (χ1n) is 3.66. The van der Waals surface area contributed by atoms with Crippen LogP contribution in [0.3, 0.4) is 0 Å². The predicted molar refractivity (Wildman–Crippen MR) is 44.6 cm³/mol. The van der Waals surface area contributed by atoms with Gasteiger partial charge >= 0.3 is 0 Å². The fourth-order valence-electron chi connectivity index (χ4n) is 1.02. The highest BCUT2D eigenvalue weighted by Crippen LogP contribution is 2.10. The van der Waals surface area contributed by atoms with Gasteiger partial charge in [-0.3, -0.25) is 4.79 Å². The van der Waals surface area contributed by atoms with Crippen LogP contribution in [0, 0.1) is 0 Å². The van der Waals surface area contributed by atoms with Gasteiger partial charge in [-0.15, -0.1) is 0 Å². The molecule has 12 heavy (non-hydrogen) atoms. The predicted octanol–water partition coefficient (Wildman–Crippen LogP) is 1.30. The van der Waals surface area contributed by atoms with Crippen LogP contribution in [0.25, 0.3) is 0 Å². The Hall–Kier alpha value is -1.22. The number of Topliss-reactive ketones (excluding diaryl/α,β-unsaturated/α-hetero) is 1. The molecule has 0 bridgehead atoms. The molecule has 0 saturated heterocycles. The largest absolute Gasteiger partial charge is 0.324 e. The van der Waals surface area contributed by atoms with Crippen molar-refractivity contribution in [2.45, 2.75) is 6.67 Å². The number of hydrogen-bond donors (Lipinski definition) is 1. The number of alkyl halides is 1. The number of hydrogen-bond acceptors (Lipinski definition) is 2. The van der Waals surface area contributed by atoms with Gasteiger partial charge < -0.3 is 5.73 Å². The summed E-state index contributed by atoms with van der Waals surface area (Å²) in [5.74, 6) is -0.219. The van der Waals surface area contributed by atoms with E-state index >= 15 is 0 Å². The fraction of sp³-hybridized carbons (Fsp3) is 0.222. The molecular weight excluding hydrogens is 157 g/mol. The topological polar surface area (TPSA) is 43.1 Å². The maximum absolute atomic E-state index is 12.3. The Bertz CT molecular complexity index is 286. The minimum atomic E-state index is -0.623. The molecule has 0 saturated carbocycles. The normalized spacial score (nSPS) is 9.83. The lowest BCUT2D eigenvalue weighted by atomic mass is 10.0. The first kappa shape index (κ1) is 8.87. The van der Waals surface area contributed by atoms with Crippen molar-refractivity contribution in [3.8, 4) is 0 Å². The summed E-state index contributed by atoms with van der Waals surface area (Å²) in [7, 11) is 0. The third-order valence-electron chi connectivity index (χ3n) is 1.65. The van der Waals surface area contributed by atoms with E-state index in [4.69, 9.17) is 5.73 Å². The quantitative estimate of drug-likeness (QED) is 0.689. The van der Waals surface area contributed by atoms with Crippen LogP contribution in [0.2, 0.25) is 0 Å². The lowest BCUT2D eigenvalue weighted by molar-refractivity contribution is 0.0999. The SMILES string of the molecule is NCC(=O)c1ccccc1CF. The molecule has 0 atom stereocenters. The van der Waals surface area contributed by atoms with Gasteiger partial charge in [-0.05, 0) is 5.56 Å². The number of carbonyl (C=O) groups is 1. The summed E-state index contributed by atoms with van der Waals surface area (Å²) in [6.07, 6.45) is 0. The van der Waals surface area contributed by atoms with E-state index < -0.39 is 6.67 Å². The van der Waals surface area contributed by atoms with Crippen molar-refractivity contribution in [1.82, 2.24) is 0 Å². The van der Waals surface area contributed by atoms with E-state index in [1.807, 2.05) is 0 Å². The van der Waals surface area contributed by atoms with E-state index in [9.17, 15) is 9.18 Å². The molecule has 0 spiro atoms. The van der Waals surface area contributed by atoms with Crippen molar-refractivity contribution in [1.29, 1.82) is 0 Å². The molecule has 1 rings (SSSR count). The standard InChI is InChI=1S/C9H10FNO/c10-5-7-3-1-2-4-8(7)9(12)6-11/h1-4H,5-6,11H2. The van der Waals surface area contributed by atoms with Gasteiger partial charge in [0.15, 0.2) is 5.78 Å². The maximum atomic E-state index is 12.3. The molecule has 0 unspecified atom stereocenters. The molecule has 0 aromatic heterocycles. The van der Waals surface area contributed by atoms with E-state index in [1.54, 1.807) is 24.3 Å². The number of nitrogens with two attached hydrogens (primary N) is 1. The number of benzene rings is 1. The van der Waals surface area contributed by atoms with E-state index in [-0.39, 0.29) is 12.3 Å². The summed E-state index contributed by atoms with van der Waals surface area (Å²) in [4.78, 5) is 11.1. The molecule has 3 heteroatoms. The average Bonchev–Trinajstić information content (AvgIpc) is 2.16. The molecular formula is C9H10FNO. The van der Waals surface area contributed by atoms with E-state index in [0.717, 1.165) is 0 Å². The van der Waals surface area contributed by atoms with Crippen molar-refractivity contribution in [2.24, 2.45) is 5.73 Å². The molecule has 2 N–H and O–H groups in total. The summed E-state index contributed by atoms with van der Waals surface area (Å²) in [6.45, 7) is -0.696. The van der Waals surface area contributed by atoms with Crippen molar-refractivity contribution in [3.63, 3.8) is 0 Å². The molecule has 0 fully saturated rings. The van der Waals surface area contributed by atoms with Gasteiger partial charge in [-0.1, -0.05) is 24.3 Å². The Balaban J connectivity index is 3.04. The zero-order valence-corrected chi connectivity index (χ0v) is 6.59. The summed E-state index contributed by atoms with van der Waals surface area (Å²) in [6, 6.07) is 6.57. The highest BCUT2D eigenvalue weighted by Gasteiger charge is 2.07. The summed E-state index contributed by atoms with van der Waals surface area (Å²) < 4.78 is 12.3. The van der Waals surface area contributed by atoms with Gasteiger partial charge in [0, 0.05) is 5.56 Å². The second-order valence-electron chi connectivity index (χ2n) is 2.42. The number of carbonyl (C=O) groups excluding carboxylic acids is 1. The Morgan fingerprint density at radius 2 is 2.08 bits per heavy atom. The van der Waals surface area contributed by atoms with E-state index in [0.29, 0.717) is 11.1 Å². The molecule has 0 heterocycles. The van der Waals surface area contributed by atoms with Crippen LogP contribution in [0.15, 0.2) is 24.3 Å². The molecule has 0 aliphatic heterocycles. The first-order valence-corrected chi connectivity index (χ1v) is 3.66. The van der Waals surface area contributed by atoms with E-state index in [1.165, 1.54) is 0 Å². The van der Waals surface area contributed by atoms with Crippen LogP contribution in [-0.4, -0.2) is 12.3 Å². The summed E-state index contributed by atoms with van der Waals surface area (Å²) >= 11 is 0. The van der Waals surface area contributed by atoms with Crippen molar-refractivity contribution >= 4 is 5.78 Å². The first-order chi connectivity index (χ1) is 5.79. The lowest BCUT2D eigenvalue weighted by Gasteiger charge is -2.02. The number of ketones is 1. The number of rotatable bonds is 3. The third kappa shape index (κ3) is 1.68. The van der Waals surface area contributed by atoms with Crippen molar-refractivity contribution in [2.75, 3.05) is 6.54 Å². The molecule has 1 aromatic rings. The minimum Gasteiger partial charge on any atom is -0.324 e. The van der Waals surface area contributed by atoms with Crippen LogP contribution in [0.5, 0.6) is 0 Å². The van der Waals surface area contributed by atoms with Gasteiger partial charge in [-0.2, -0.15) is 0 Å². The Kier molecular flexibility index (Phi) is 2.94. The van der Waals surface area contributed by atoms with Crippen molar-refractivity contribution in [3.05, 3.63) is 35.4 Å². The highest BCUT2D eigenvalue weighted by molar-refractivity contribution is 5.98. The highest BCUT2D eigenvalue weighted by atomic mass is 19.1. The smallest absolute Gasteiger partial charge is 0.176 e. The third-order valence-corrected chi connectivity index (χ3v) is 1.65. The second-order valence-corrected chi connectivity index (χ2v) is 2.42. The van der Waals surface area contributed by atoms with Crippen LogP contribution >= 0.6 is 0 Å². The van der Waals surface area contributed by atoms with Gasteiger partial charge in [0.1, 0.15) is 6.67 Å². The molecule has 0 aliphatic rings. The Morgan fingerprint density at radius 3 is 2.67 bits per heavy atom. The van der Waals surface area contributed by atoms with Crippen LogP contribution < -0.4 is 5.73 Å². The van der Waals surface area contributed by atoms with Gasteiger partial charge in [0.05, 0.1) is 6.54 Å². The molecule has 2 nitrogen and oxygen atoms in total. The lowest BCUT2D eigenvalue weighted by Crippen LogP contribution is -2.15. The van der Waals surface area contributed by atoms with Crippen LogP contribution in [-0.2, 0) is 6.67 Å². The molecule has 0 radical (unpaired) electrons. The average molecular weight is 167 g/mol. The zero-order chi connectivity index (χ0) is 8.97. The Labute approximate surface area is 70.2 Å². The molecule has 0 amide bonds. The monoisotopic (exact) mass is 167 g/mol. The summed E-state index contributed by atoms with van der Waals surface area (Å²) in [5, 5.41) is 0. The van der Waals surface area contributed by atoms with Gasteiger partial charge in [0.25, 0.3) is 0 Å². The molecule has 64 valence electrons. The minimum absolute atomic E-state index is 0.0724. The summed E-state index contributed by atoms with van der Waals surface area (Å²) in [5.41, 5.74) is 5.96.